The molecule has 1 nitrogen and oxygen atoms in total. The van der Waals surface area contributed by atoms with E-state index in [0.29, 0.717) is 0 Å². The van der Waals surface area contributed by atoms with Crippen molar-refractivity contribution in [3.63, 3.8) is 0 Å². The second kappa shape index (κ2) is 3.07. The zero-order chi connectivity index (χ0) is 8.48. The molecule has 1 aromatic heterocycles. The summed E-state index contributed by atoms with van der Waals surface area (Å²) in [7, 11) is -0.924. The highest BCUT2D eigenvalue weighted by Crippen LogP contribution is 2.03. The van der Waals surface area contributed by atoms with Crippen LogP contribution in [-0.4, -0.2) is 8.07 Å². The lowest BCUT2D eigenvalue weighted by Gasteiger charge is -2.09. The van der Waals surface area contributed by atoms with Gasteiger partial charge in [0.05, 0.1) is 5.38 Å². The number of hydrogen-bond acceptors (Lipinski definition) is 1. The van der Waals surface area contributed by atoms with Crippen molar-refractivity contribution in [1.29, 1.82) is 0 Å². The Labute approximate surface area is 73.7 Å². The number of nitrogens with zero attached hydrogens (tertiary/aromatic N) is 1. The Bertz CT molecular complexity index is 236. The Kier molecular flexibility index (Phi) is 2.49. The maximum absolute atomic E-state index is 2.40. The van der Waals surface area contributed by atoms with E-state index in [1.165, 1.54) is 11.9 Å². The van der Waals surface area contributed by atoms with Crippen molar-refractivity contribution in [3.8, 4) is 0 Å². The summed E-state index contributed by atoms with van der Waals surface area (Å²) in [6, 6.07) is 0. The number of hydrogen-bond donors (Lipinski definition) is 0. The normalized spacial score (nSPS) is 12.0. The first-order valence-electron chi connectivity index (χ1n) is 3.91. The summed E-state index contributed by atoms with van der Waals surface area (Å²) < 4.78 is 2.37. The maximum Gasteiger partial charge on any atom is 0.224 e. The molecule has 0 spiro atoms. The molecule has 1 aromatic rings. The lowest BCUT2D eigenvalue weighted by atomic mass is 10.6. The van der Waals surface area contributed by atoms with Gasteiger partial charge in [0.2, 0.25) is 5.51 Å². The first kappa shape index (κ1) is 8.94. The molecule has 0 radical (unpaired) electrons. The van der Waals surface area contributed by atoms with Crippen LogP contribution >= 0.6 is 11.3 Å². The molecule has 0 aliphatic carbocycles. The van der Waals surface area contributed by atoms with Crippen molar-refractivity contribution in [3.05, 3.63) is 16.6 Å². The minimum Gasteiger partial charge on any atom is -0.197 e. The fourth-order valence-electron chi connectivity index (χ4n) is 1.03. The first-order chi connectivity index (χ1) is 4.99. The first-order valence-corrected chi connectivity index (χ1v) is 8.56. The molecular weight excluding hydrogens is 170 g/mol. The summed E-state index contributed by atoms with van der Waals surface area (Å²) in [5.74, 6) is 0. The van der Waals surface area contributed by atoms with E-state index in [0.717, 1.165) is 0 Å². The van der Waals surface area contributed by atoms with Gasteiger partial charge in [-0.2, -0.15) is 4.57 Å². The minimum absolute atomic E-state index is 0.924. The smallest absolute Gasteiger partial charge is 0.197 e. The monoisotopic (exact) mass is 186 g/mol. The molecule has 0 saturated heterocycles. The maximum atomic E-state index is 2.40. The highest BCUT2D eigenvalue weighted by atomic mass is 32.1. The third-order valence-corrected chi connectivity index (χ3v) is 3.67. The van der Waals surface area contributed by atoms with Gasteiger partial charge in [0.15, 0.2) is 5.69 Å². The Morgan fingerprint density at radius 2 is 2.09 bits per heavy atom. The van der Waals surface area contributed by atoms with Crippen molar-refractivity contribution in [2.45, 2.75) is 32.7 Å². The molecule has 0 aromatic carbocycles. The molecular formula is C8H16NSSi+. The van der Waals surface area contributed by atoms with Crippen LogP contribution in [0.15, 0.2) is 10.9 Å². The zero-order valence-corrected chi connectivity index (χ0v) is 9.53. The van der Waals surface area contributed by atoms with Crippen LogP contribution in [0.4, 0.5) is 0 Å². The van der Waals surface area contributed by atoms with E-state index < -0.39 is 8.07 Å². The SMILES string of the molecule is Cc1csc[n+]1C[Si](C)(C)C. The zero-order valence-electron chi connectivity index (χ0n) is 7.72. The van der Waals surface area contributed by atoms with Gasteiger partial charge in [-0.15, -0.1) is 0 Å². The summed E-state index contributed by atoms with van der Waals surface area (Å²) in [6.07, 6.45) is 1.25. The van der Waals surface area contributed by atoms with E-state index in [4.69, 9.17) is 0 Å². The summed E-state index contributed by atoms with van der Waals surface area (Å²) in [6.45, 7) is 9.38. The average molecular weight is 186 g/mol. The van der Waals surface area contributed by atoms with Crippen LogP contribution in [0.2, 0.25) is 19.6 Å². The second-order valence-electron chi connectivity index (χ2n) is 4.19. The van der Waals surface area contributed by atoms with Gasteiger partial charge < -0.3 is 0 Å². The van der Waals surface area contributed by atoms with Gasteiger partial charge in [-0.05, 0) is 0 Å². The fourth-order valence-corrected chi connectivity index (χ4v) is 3.30. The fraction of sp³-hybridized carbons (Fsp3) is 0.625. The Morgan fingerprint density at radius 3 is 2.45 bits per heavy atom. The number of aromatic nitrogens is 1. The van der Waals surface area contributed by atoms with E-state index in [9.17, 15) is 0 Å². The van der Waals surface area contributed by atoms with Gasteiger partial charge in [-0.3, -0.25) is 0 Å². The highest BCUT2D eigenvalue weighted by molar-refractivity contribution is 7.07. The molecule has 0 saturated carbocycles. The predicted octanol–water partition coefficient (Wildman–Crippen LogP) is 2.22. The van der Waals surface area contributed by atoms with Crippen molar-refractivity contribution in [2.24, 2.45) is 0 Å². The largest absolute Gasteiger partial charge is 0.224 e. The topological polar surface area (TPSA) is 3.88 Å². The summed E-state index contributed by atoms with van der Waals surface area (Å²) in [4.78, 5) is 0. The Morgan fingerprint density at radius 1 is 1.45 bits per heavy atom. The Hall–Kier alpha value is -0.153. The third-order valence-electron chi connectivity index (χ3n) is 1.52. The van der Waals surface area contributed by atoms with Crippen LogP contribution in [0.3, 0.4) is 0 Å². The quantitative estimate of drug-likeness (QED) is 0.492. The van der Waals surface area contributed by atoms with E-state index in [1.54, 1.807) is 11.3 Å². The molecule has 0 bridgehead atoms. The van der Waals surface area contributed by atoms with E-state index >= 15 is 0 Å². The summed E-state index contributed by atoms with van der Waals surface area (Å²) in [5.41, 5.74) is 3.62. The van der Waals surface area contributed by atoms with Crippen LogP contribution in [0.1, 0.15) is 5.69 Å². The number of thiazole rings is 1. The van der Waals surface area contributed by atoms with E-state index in [2.05, 4.69) is 42.0 Å². The molecule has 0 fully saturated rings. The molecule has 0 unspecified atom stereocenters. The van der Waals surface area contributed by atoms with E-state index in [1.807, 2.05) is 0 Å². The van der Waals surface area contributed by atoms with Gasteiger partial charge in [0, 0.05) is 6.92 Å². The van der Waals surface area contributed by atoms with Crippen molar-refractivity contribution in [2.75, 3.05) is 0 Å². The standard InChI is InChI=1S/C8H16NSSi/c1-8-5-10-6-9(8)7-11(2,3)4/h5-6H,7H2,1-4H3/q+1. The molecule has 1 heterocycles. The van der Waals surface area contributed by atoms with Gasteiger partial charge in [-0.25, -0.2) is 0 Å². The molecule has 1 rings (SSSR count). The summed E-state index contributed by atoms with van der Waals surface area (Å²) in [5, 5.41) is 2.21. The summed E-state index contributed by atoms with van der Waals surface area (Å²) >= 11 is 1.79. The molecule has 3 heteroatoms. The molecule has 0 aliphatic rings. The Balaban J connectivity index is 2.72. The van der Waals surface area contributed by atoms with Crippen LogP contribution in [-0.2, 0) is 6.17 Å². The number of rotatable bonds is 2. The molecule has 62 valence electrons. The molecule has 0 N–H and O–H groups in total. The highest BCUT2D eigenvalue weighted by Gasteiger charge is 2.21. The van der Waals surface area contributed by atoms with E-state index in [-0.39, 0.29) is 0 Å². The predicted molar refractivity (Wildman–Crippen MR) is 52.6 cm³/mol. The molecule has 0 atom stereocenters. The van der Waals surface area contributed by atoms with Crippen molar-refractivity contribution in [1.82, 2.24) is 0 Å². The molecule has 0 aliphatic heterocycles. The van der Waals surface area contributed by atoms with Gasteiger partial charge >= 0.3 is 0 Å². The third kappa shape index (κ3) is 2.75. The van der Waals surface area contributed by atoms with Gasteiger partial charge in [0.25, 0.3) is 0 Å². The van der Waals surface area contributed by atoms with Crippen LogP contribution < -0.4 is 4.57 Å². The van der Waals surface area contributed by atoms with Crippen LogP contribution in [0, 0.1) is 6.92 Å². The molecule has 0 amide bonds. The second-order valence-corrected chi connectivity index (χ2v) is 10.3. The number of aryl methyl sites for hydroxylation is 1. The average Bonchev–Trinajstić information content (AvgIpc) is 2.12. The lowest BCUT2D eigenvalue weighted by Crippen LogP contribution is -2.46. The van der Waals surface area contributed by atoms with Gasteiger partial charge in [0.1, 0.15) is 14.2 Å². The minimum atomic E-state index is -0.924. The van der Waals surface area contributed by atoms with Crippen LogP contribution in [0.25, 0.3) is 0 Å². The van der Waals surface area contributed by atoms with Crippen molar-refractivity contribution < 1.29 is 4.57 Å². The van der Waals surface area contributed by atoms with Crippen LogP contribution in [0.5, 0.6) is 0 Å². The van der Waals surface area contributed by atoms with Gasteiger partial charge in [-0.1, -0.05) is 31.0 Å². The molecule has 11 heavy (non-hydrogen) atoms. The van der Waals surface area contributed by atoms with Crippen molar-refractivity contribution >= 4 is 19.4 Å². The lowest BCUT2D eigenvalue weighted by molar-refractivity contribution is -0.682.